The van der Waals surface area contributed by atoms with Gasteiger partial charge in [0.25, 0.3) is 0 Å². The molecule has 0 aliphatic carbocycles. The lowest BCUT2D eigenvalue weighted by atomic mass is 10.1. The van der Waals surface area contributed by atoms with Crippen molar-refractivity contribution in [1.29, 1.82) is 0 Å². The molecule has 122 valence electrons. The van der Waals surface area contributed by atoms with Gasteiger partial charge in [0.1, 0.15) is 5.82 Å². The molecule has 1 fully saturated rings. The lowest BCUT2D eigenvalue weighted by molar-refractivity contribution is -0.141. The van der Waals surface area contributed by atoms with Gasteiger partial charge in [-0.1, -0.05) is 12.1 Å². The van der Waals surface area contributed by atoms with Crippen LogP contribution in [0, 0.1) is 5.92 Å². The Labute approximate surface area is 133 Å². The standard InChI is InChI=1S/C16H20N4O3/c21-15(22)11-7-9-20(10-11)16(23)17-8-3-6-14-18-12-4-1-2-5-13(12)19-14/h1-2,4-5,11H,3,6-10H2,(H,17,23)(H,18,19)(H,21,22). The predicted molar refractivity (Wildman–Crippen MR) is 85.1 cm³/mol. The summed E-state index contributed by atoms with van der Waals surface area (Å²) in [4.78, 5) is 32.2. The highest BCUT2D eigenvalue weighted by atomic mass is 16.4. The summed E-state index contributed by atoms with van der Waals surface area (Å²) in [6.07, 6.45) is 2.07. The van der Waals surface area contributed by atoms with Crippen molar-refractivity contribution in [3.05, 3.63) is 30.1 Å². The zero-order valence-electron chi connectivity index (χ0n) is 12.8. The summed E-state index contributed by atoms with van der Waals surface area (Å²) in [5.74, 6) is -0.353. The van der Waals surface area contributed by atoms with Crippen molar-refractivity contribution in [3.8, 4) is 0 Å². The number of likely N-dealkylation sites (tertiary alicyclic amines) is 1. The van der Waals surface area contributed by atoms with Gasteiger partial charge in [0, 0.05) is 26.1 Å². The summed E-state index contributed by atoms with van der Waals surface area (Å²) < 4.78 is 0. The first kappa shape index (κ1) is 15.3. The fraction of sp³-hybridized carbons (Fsp3) is 0.438. The second-order valence-corrected chi connectivity index (χ2v) is 5.81. The molecule has 23 heavy (non-hydrogen) atoms. The van der Waals surface area contributed by atoms with E-state index in [-0.39, 0.29) is 6.03 Å². The Morgan fingerprint density at radius 2 is 2.22 bits per heavy atom. The number of hydrogen-bond acceptors (Lipinski definition) is 3. The molecule has 7 heteroatoms. The predicted octanol–water partition coefficient (Wildman–Crippen LogP) is 1.61. The second kappa shape index (κ2) is 6.68. The number of nitrogens with zero attached hydrogens (tertiary/aromatic N) is 2. The average molecular weight is 316 g/mol. The minimum Gasteiger partial charge on any atom is -0.481 e. The Morgan fingerprint density at radius 3 is 2.96 bits per heavy atom. The van der Waals surface area contributed by atoms with Gasteiger partial charge < -0.3 is 20.3 Å². The van der Waals surface area contributed by atoms with Crippen molar-refractivity contribution in [2.75, 3.05) is 19.6 Å². The number of fused-ring (bicyclic) bond motifs is 1. The van der Waals surface area contributed by atoms with Gasteiger partial charge in [-0.15, -0.1) is 0 Å². The number of nitrogens with one attached hydrogen (secondary N) is 2. The van der Waals surface area contributed by atoms with Gasteiger partial charge in [-0.05, 0) is 25.0 Å². The SMILES string of the molecule is O=C(O)C1CCN(C(=O)NCCCc2nc3ccccc3[nH]2)C1. The van der Waals surface area contributed by atoms with E-state index in [2.05, 4.69) is 15.3 Å². The van der Waals surface area contributed by atoms with Crippen LogP contribution in [0.2, 0.25) is 0 Å². The number of amides is 2. The molecular formula is C16H20N4O3. The molecule has 1 aromatic carbocycles. The molecule has 1 saturated heterocycles. The van der Waals surface area contributed by atoms with Crippen LogP contribution in [0.4, 0.5) is 4.79 Å². The van der Waals surface area contributed by atoms with Crippen LogP contribution in [0.3, 0.4) is 0 Å². The molecule has 3 rings (SSSR count). The zero-order valence-corrected chi connectivity index (χ0v) is 12.8. The fourth-order valence-electron chi connectivity index (χ4n) is 2.83. The molecule has 0 radical (unpaired) electrons. The molecule has 2 aromatic rings. The van der Waals surface area contributed by atoms with E-state index in [9.17, 15) is 9.59 Å². The molecule has 0 bridgehead atoms. The van der Waals surface area contributed by atoms with E-state index in [1.807, 2.05) is 24.3 Å². The van der Waals surface area contributed by atoms with Crippen molar-refractivity contribution in [2.45, 2.75) is 19.3 Å². The second-order valence-electron chi connectivity index (χ2n) is 5.81. The first-order valence-electron chi connectivity index (χ1n) is 7.82. The summed E-state index contributed by atoms with van der Waals surface area (Å²) in [7, 11) is 0. The Morgan fingerprint density at radius 1 is 1.39 bits per heavy atom. The quantitative estimate of drug-likeness (QED) is 0.730. The minimum absolute atomic E-state index is 0.182. The number of carboxylic acids is 1. The molecule has 1 aromatic heterocycles. The van der Waals surface area contributed by atoms with Crippen LogP contribution < -0.4 is 5.32 Å². The minimum atomic E-state index is -0.829. The third-order valence-corrected chi connectivity index (χ3v) is 4.13. The summed E-state index contributed by atoms with van der Waals surface area (Å²) in [6, 6.07) is 7.68. The number of aryl methyl sites for hydroxylation is 1. The van der Waals surface area contributed by atoms with Crippen LogP contribution in [0.1, 0.15) is 18.7 Å². The van der Waals surface area contributed by atoms with Crippen LogP contribution in [-0.4, -0.2) is 51.6 Å². The number of rotatable bonds is 5. The van der Waals surface area contributed by atoms with E-state index in [4.69, 9.17) is 5.11 Å². The number of imidazole rings is 1. The van der Waals surface area contributed by atoms with Crippen LogP contribution in [0.15, 0.2) is 24.3 Å². The normalized spacial score (nSPS) is 17.6. The summed E-state index contributed by atoms with van der Waals surface area (Å²) in [6.45, 7) is 1.35. The number of aromatic nitrogens is 2. The average Bonchev–Trinajstić information content (AvgIpc) is 3.17. The molecule has 1 aliphatic rings. The van der Waals surface area contributed by atoms with Crippen molar-refractivity contribution >= 4 is 23.0 Å². The Bertz CT molecular complexity index is 679. The van der Waals surface area contributed by atoms with E-state index in [1.165, 1.54) is 0 Å². The van der Waals surface area contributed by atoms with Crippen molar-refractivity contribution < 1.29 is 14.7 Å². The molecule has 0 saturated carbocycles. The molecule has 7 nitrogen and oxygen atoms in total. The number of carboxylic acid groups (broad SMARTS) is 1. The van der Waals surface area contributed by atoms with E-state index in [1.54, 1.807) is 4.90 Å². The van der Waals surface area contributed by atoms with E-state index >= 15 is 0 Å². The van der Waals surface area contributed by atoms with Crippen LogP contribution in [0.25, 0.3) is 11.0 Å². The highest BCUT2D eigenvalue weighted by molar-refractivity contribution is 5.77. The molecular weight excluding hydrogens is 296 g/mol. The molecule has 1 unspecified atom stereocenters. The molecule has 1 aliphatic heterocycles. The lowest BCUT2D eigenvalue weighted by Crippen LogP contribution is -2.39. The number of urea groups is 1. The van der Waals surface area contributed by atoms with Gasteiger partial charge in [0.2, 0.25) is 0 Å². The molecule has 0 spiro atoms. The van der Waals surface area contributed by atoms with Gasteiger partial charge in [-0.3, -0.25) is 4.79 Å². The van der Waals surface area contributed by atoms with Gasteiger partial charge in [0.05, 0.1) is 17.0 Å². The first-order chi connectivity index (χ1) is 11.1. The Balaban J connectivity index is 1.41. The maximum atomic E-state index is 12.0. The van der Waals surface area contributed by atoms with Crippen LogP contribution in [-0.2, 0) is 11.2 Å². The number of hydrogen-bond donors (Lipinski definition) is 3. The third kappa shape index (κ3) is 3.61. The summed E-state index contributed by atoms with van der Waals surface area (Å²) >= 11 is 0. The smallest absolute Gasteiger partial charge is 0.317 e. The topological polar surface area (TPSA) is 98.3 Å². The highest BCUT2D eigenvalue weighted by Gasteiger charge is 2.30. The zero-order chi connectivity index (χ0) is 16.2. The monoisotopic (exact) mass is 316 g/mol. The van der Waals surface area contributed by atoms with Gasteiger partial charge >= 0.3 is 12.0 Å². The molecule has 3 N–H and O–H groups in total. The fourth-order valence-corrected chi connectivity index (χ4v) is 2.83. The first-order valence-corrected chi connectivity index (χ1v) is 7.82. The van der Waals surface area contributed by atoms with E-state index in [0.717, 1.165) is 29.7 Å². The van der Waals surface area contributed by atoms with Crippen molar-refractivity contribution in [2.24, 2.45) is 5.92 Å². The largest absolute Gasteiger partial charge is 0.481 e. The van der Waals surface area contributed by atoms with E-state index in [0.29, 0.717) is 26.1 Å². The number of para-hydroxylation sites is 2. The van der Waals surface area contributed by atoms with Gasteiger partial charge in [0.15, 0.2) is 0 Å². The van der Waals surface area contributed by atoms with Gasteiger partial charge in [-0.2, -0.15) is 0 Å². The Kier molecular flexibility index (Phi) is 4.45. The summed E-state index contributed by atoms with van der Waals surface area (Å²) in [5, 5.41) is 11.8. The number of carbonyl (C=O) groups is 2. The number of H-pyrrole nitrogens is 1. The van der Waals surface area contributed by atoms with Crippen LogP contribution in [0.5, 0.6) is 0 Å². The van der Waals surface area contributed by atoms with Gasteiger partial charge in [-0.25, -0.2) is 9.78 Å². The Hall–Kier alpha value is -2.57. The van der Waals surface area contributed by atoms with Crippen molar-refractivity contribution in [1.82, 2.24) is 20.2 Å². The number of benzene rings is 1. The number of aromatic amines is 1. The number of aliphatic carboxylic acids is 1. The lowest BCUT2D eigenvalue weighted by Gasteiger charge is -2.16. The number of carbonyl (C=O) groups excluding carboxylic acids is 1. The highest BCUT2D eigenvalue weighted by Crippen LogP contribution is 2.16. The maximum Gasteiger partial charge on any atom is 0.317 e. The maximum absolute atomic E-state index is 12.0. The van der Waals surface area contributed by atoms with E-state index < -0.39 is 11.9 Å². The molecule has 2 heterocycles. The van der Waals surface area contributed by atoms with Crippen molar-refractivity contribution in [3.63, 3.8) is 0 Å². The third-order valence-electron chi connectivity index (χ3n) is 4.13. The molecule has 1 atom stereocenters. The molecule has 2 amide bonds. The van der Waals surface area contributed by atoms with Crippen LogP contribution >= 0.6 is 0 Å². The summed E-state index contributed by atoms with van der Waals surface area (Å²) in [5.41, 5.74) is 1.96.